The molecule has 2 saturated heterocycles. The van der Waals surface area contributed by atoms with Crippen LogP contribution in [0.2, 0.25) is 0 Å². The number of likely N-dealkylation sites (tertiary alicyclic amines) is 2. The molecule has 9 nitrogen and oxygen atoms in total. The summed E-state index contributed by atoms with van der Waals surface area (Å²) < 4.78 is 0. The fourth-order valence-corrected chi connectivity index (χ4v) is 6.97. The van der Waals surface area contributed by atoms with Gasteiger partial charge in [-0.05, 0) is 91.5 Å². The number of nitrogens with one attached hydrogen (secondary N) is 2. The van der Waals surface area contributed by atoms with E-state index < -0.39 is 12.1 Å². The number of nitrogens with zero attached hydrogens (tertiary/aromatic N) is 2. The van der Waals surface area contributed by atoms with Crippen LogP contribution >= 0.6 is 0 Å². The SMILES string of the molecule is NC1C=C(CC(=O)N2CCC[C@H]2C(=O)Nc2ccc(CCc3ccc(NC(=O)[C@@H]4CCCN4C(=O)Cc4ccccc4)cc3)cc2)C=CC1. The summed E-state index contributed by atoms with van der Waals surface area (Å²) in [5.41, 5.74) is 11.6. The van der Waals surface area contributed by atoms with Crippen molar-refractivity contribution in [2.45, 2.75) is 75.9 Å². The minimum absolute atomic E-state index is 0.0193. The van der Waals surface area contributed by atoms with E-state index in [9.17, 15) is 19.2 Å². The van der Waals surface area contributed by atoms with E-state index in [4.69, 9.17) is 5.73 Å². The van der Waals surface area contributed by atoms with Gasteiger partial charge in [-0.3, -0.25) is 19.2 Å². The lowest BCUT2D eigenvalue weighted by Crippen LogP contribution is -2.43. The van der Waals surface area contributed by atoms with Crippen molar-refractivity contribution in [1.29, 1.82) is 0 Å². The van der Waals surface area contributed by atoms with Gasteiger partial charge >= 0.3 is 0 Å². The Bertz CT molecular complexity index is 1700. The third kappa shape index (κ3) is 8.91. The van der Waals surface area contributed by atoms with Gasteiger partial charge in [0, 0.05) is 30.5 Å². The van der Waals surface area contributed by atoms with Gasteiger partial charge in [-0.15, -0.1) is 0 Å². The second-order valence-corrected chi connectivity index (χ2v) is 13.2. The Morgan fingerprint density at radius 2 is 1.16 bits per heavy atom. The first-order valence-electron chi connectivity index (χ1n) is 17.4. The standard InChI is InChI=1S/C40H45N5O4/c41-32-10-4-9-31(25-32)27-38(47)45-24-6-12-36(45)40(49)43-34-21-17-29(18-22-34)14-13-28-15-19-33(20-16-28)42-39(48)35-11-5-23-44(35)37(46)26-30-7-2-1-3-8-30/h1-4,7-9,15-22,25,32,35-36H,5-6,10-14,23-24,26-27,41H2,(H,42,48)(H,43,49)/t32?,35-,36-/m0/s1. The van der Waals surface area contributed by atoms with E-state index in [2.05, 4.69) is 10.6 Å². The first-order valence-corrected chi connectivity index (χ1v) is 17.4. The molecule has 0 spiro atoms. The second-order valence-electron chi connectivity index (χ2n) is 13.2. The molecular weight excluding hydrogens is 614 g/mol. The van der Waals surface area contributed by atoms with Crippen LogP contribution in [0.15, 0.2) is 103 Å². The largest absolute Gasteiger partial charge is 0.330 e. The van der Waals surface area contributed by atoms with Crippen LogP contribution in [-0.2, 0) is 38.4 Å². The van der Waals surface area contributed by atoms with Crippen molar-refractivity contribution >= 4 is 35.0 Å². The zero-order valence-corrected chi connectivity index (χ0v) is 27.9. The molecular formula is C40H45N5O4. The molecule has 2 heterocycles. The average Bonchev–Trinajstić information content (AvgIpc) is 3.81. The Hall–Kier alpha value is -5.02. The second kappa shape index (κ2) is 15.9. The van der Waals surface area contributed by atoms with E-state index >= 15 is 0 Å². The number of carbonyl (C=O) groups is 4. The lowest BCUT2D eigenvalue weighted by Gasteiger charge is -2.25. The number of amides is 4. The van der Waals surface area contributed by atoms with Gasteiger partial charge in [0.05, 0.1) is 12.8 Å². The van der Waals surface area contributed by atoms with Crippen LogP contribution in [0.1, 0.15) is 55.2 Å². The van der Waals surface area contributed by atoms with Gasteiger partial charge in [-0.25, -0.2) is 0 Å². The Kier molecular flexibility index (Phi) is 11.0. The number of anilines is 2. The van der Waals surface area contributed by atoms with Gasteiger partial charge in [0.1, 0.15) is 12.1 Å². The molecule has 0 bridgehead atoms. The summed E-state index contributed by atoms with van der Waals surface area (Å²) in [6, 6.07) is 24.3. The fourth-order valence-electron chi connectivity index (χ4n) is 6.97. The van der Waals surface area contributed by atoms with Crippen molar-refractivity contribution in [2.75, 3.05) is 23.7 Å². The number of nitrogens with two attached hydrogens (primary N) is 1. The molecule has 3 atom stereocenters. The predicted octanol–water partition coefficient (Wildman–Crippen LogP) is 5.18. The number of allylic oxidation sites excluding steroid dienone is 1. The highest BCUT2D eigenvalue weighted by molar-refractivity contribution is 5.98. The zero-order valence-electron chi connectivity index (χ0n) is 27.9. The summed E-state index contributed by atoms with van der Waals surface area (Å²) in [7, 11) is 0. The maximum absolute atomic E-state index is 13.2. The van der Waals surface area contributed by atoms with Crippen LogP contribution < -0.4 is 16.4 Å². The highest BCUT2D eigenvalue weighted by Gasteiger charge is 2.35. The Balaban J connectivity index is 0.953. The molecule has 6 rings (SSSR count). The molecule has 4 amide bonds. The Labute approximate surface area is 288 Å². The molecule has 3 aromatic rings. The highest BCUT2D eigenvalue weighted by Crippen LogP contribution is 2.24. The summed E-state index contributed by atoms with van der Waals surface area (Å²) in [5.74, 6) is -0.366. The van der Waals surface area contributed by atoms with Crippen molar-refractivity contribution in [3.63, 3.8) is 0 Å². The van der Waals surface area contributed by atoms with Crippen LogP contribution in [0, 0.1) is 0 Å². The van der Waals surface area contributed by atoms with Crippen LogP contribution in [0.25, 0.3) is 0 Å². The van der Waals surface area contributed by atoms with Crippen LogP contribution in [-0.4, -0.2) is 64.6 Å². The van der Waals surface area contributed by atoms with Crippen molar-refractivity contribution in [1.82, 2.24) is 9.80 Å². The molecule has 9 heteroatoms. The van der Waals surface area contributed by atoms with E-state index in [-0.39, 0.29) is 36.1 Å². The molecule has 2 fully saturated rings. The molecule has 4 N–H and O–H groups in total. The quantitative estimate of drug-likeness (QED) is 0.262. The third-order valence-electron chi connectivity index (χ3n) is 9.62. The van der Waals surface area contributed by atoms with E-state index in [1.165, 1.54) is 0 Å². The highest BCUT2D eigenvalue weighted by atomic mass is 16.2. The smallest absolute Gasteiger partial charge is 0.247 e. The molecule has 3 aliphatic rings. The van der Waals surface area contributed by atoms with Crippen molar-refractivity contribution in [3.8, 4) is 0 Å². The predicted molar refractivity (Wildman–Crippen MR) is 192 cm³/mol. The van der Waals surface area contributed by atoms with Gasteiger partial charge in [-0.1, -0.05) is 72.8 Å². The first-order chi connectivity index (χ1) is 23.8. The third-order valence-corrected chi connectivity index (χ3v) is 9.62. The maximum Gasteiger partial charge on any atom is 0.247 e. The fraction of sp³-hybridized carbons (Fsp3) is 0.350. The molecule has 2 aliphatic heterocycles. The van der Waals surface area contributed by atoms with Crippen molar-refractivity contribution in [3.05, 3.63) is 119 Å². The van der Waals surface area contributed by atoms with Gasteiger partial charge in [0.2, 0.25) is 23.6 Å². The number of rotatable bonds is 11. The van der Waals surface area contributed by atoms with E-state index in [1.54, 1.807) is 9.80 Å². The van der Waals surface area contributed by atoms with Gasteiger partial charge in [0.25, 0.3) is 0 Å². The average molecular weight is 660 g/mol. The number of aryl methyl sites for hydroxylation is 2. The summed E-state index contributed by atoms with van der Waals surface area (Å²) in [5, 5.41) is 6.01. The van der Waals surface area contributed by atoms with E-state index in [0.29, 0.717) is 43.7 Å². The molecule has 0 radical (unpaired) electrons. The lowest BCUT2D eigenvalue weighted by atomic mass is 10.0. The Morgan fingerprint density at radius 3 is 1.67 bits per heavy atom. The van der Waals surface area contributed by atoms with Gasteiger partial charge in [-0.2, -0.15) is 0 Å². The summed E-state index contributed by atoms with van der Waals surface area (Å²) >= 11 is 0. The molecule has 1 aliphatic carbocycles. The van der Waals surface area contributed by atoms with Crippen LogP contribution in [0.5, 0.6) is 0 Å². The minimum Gasteiger partial charge on any atom is -0.330 e. The molecule has 1 unspecified atom stereocenters. The van der Waals surface area contributed by atoms with Crippen molar-refractivity contribution < 1.29 is 19.2 Å². The number of carbonyl (C=O) groups excluding carboxylic acids is 4. The molecule has 49 heavy (non-hydrogen) atoms. The molecule has 3 aromatic carbocycles. The topological polar surface area (TPSA) is 125 Å². The maximum atomic E-state index is 13.2. The molecule has 0 saturated carbocycles. The zero-order chi connectivity index (χ0) is 34.2. The number of hydrogen-bond donors (Lipinski definition) is 3. The van der Waals surface area contributed by atoms with E-state index in [1.807, 2.05) is 97.1 Å². The lowest BCUT2D eigenvalue weighted by molar-refractivity contribution is -0.136. The molecule has 254 valence electrons. The van der Waals surface area contributed by atoms with Crippen molar-refractivity contribution in [2.24, 2.45) is 5.73 Å². The van der Waals surface area contributed by atoms with E-state index in [0.717, 1.165) is 54.4 Å². The Morgan fingerprint density at radius 1 is 0.653 bits per heavy atom. The van der Waals surface area contributed by atoms with Crippen LogP contribution in [0.4, 0.5) is 11.4 Å². The minimum atomic E-state index is -0.471. The molecule has 0 aromatic heterocycles. The number of hydrogen-bond acceptors (Lipinski definition) is 5. The van der Waals surface area contributed by atoms with Crippen LogP contribution in [0.3, 0.4) is 0 Å². The normalized spacial score (nSPS) is 20.2. The first kappa shape index (κ1) is 33.9. The summed E-state index contributed by atoms with van der Waals surface area (Å²) in [6.07, 6.45) is 11.8. The monoisotopic (exact) mass is 659 g/mol. The van der Waals surface area contributed by atoms with Gasteiger partial charge in [0.15, 0.2) is 0 Å². The number of benzene rings is 3. The summed E-state index contributed by atoms with van der Waals surface area (Å²) in [4.78, 5) is 55.7. The summed E-state index contributed by atoms with van der Waals surface area (Å²) in [6.45, 7) is 1.19. The van der Waals surface area contributed by atoms with Gasteiger partial charge < -0.3 is 26.2 Å².